The van der Waals surface area contributed by atoms with E-state index in [0.717, 1.165) is 11.1 Å². The Labute approximate surface area is 196 Å². The predicted octanol–water partition coefficient (Wildman–Crippen LogP) is 4.88. The molecular formula is C25H21Cl2N3O2. The fourth-order valence-corrected chi connectivity index (χ4v) is 4.02. The number of amides is 2. The molecular weight excluding hydrogens is 445 g/mol. The summed E-state index contributed by atoms with van der Waals surface area (Å²) in [5, 5.41) is 3.99. The maximum Gasteiger partial charge on any atom is 0.252 e. The zero-order valence-corrected chi connectivity index (χ0v) is 18.9. The van der Waals surface area contributed by atoms with Crippen molar-refractivity contribution < 1.29 is 9.59 Å². The first-order valence-electron chi connectivity index (χ1n) is 10.2. The number of nitrogens with one attached hydrogen (secondary N) is 1. The van der Waals surface area contributed by atoms with Crippen LogP contribution < -0.4 is 10.2 Å². The molecule has 0 aliphatic carbocycles. The second-order valence-corrected chi connectivity index (χ2v) is 8.39. The second kappa shape index (κ2) is 9.55. The van der Waals surface area contributed by atoms with Crippen LogP contribution in [0.25, 0.3) is 0 Å². The molecule has 3 aromatic carbocycles. The van der Waals surface area contributed by atoms with E-state index >= 15 is 0 Å². The Kier molecular flexibility index (Phi) is 6.58. The van der Waals surface area contributed by atoms with Crippen LogP contribution >= 0.6 is 23.2 Å². The number of benzene rings is 3. The molecule has 1 aliphatic rings. The van der Waals surface area contributed by atoms with E-state index in [0.29, 0.717) is 33.6 Å². The minimum Gasteiger partial charge on any atom is -0.350 e. The molecule has 1 atom stereocenters. The van der Waals surface area contributed by atoms with Gasteiger partial charge in [-0.3, -0.25) is 14.6 Å². The van der Waals surface area contributed by atoms with Crippen LogP contribution in [-0.2, 0) is 16.1 Å². The minimum atomic E-state index is -0.655. The zero-order chi connectivity index (χ0) is 22.7. The number of anilines is 1. The SMILES string of the molecule is C[C@H]1N=C(c2ccccc2)c2cc(Cl)ccc2N(CC(=O)NCc2cccc(Cl)c2)C1=O. The van der Waals surface area contributed by atoms with Crippen LogP contribution in [0.15, 0.2) is 77.8 Å². The molecule has 0 aromatic heterocycles. The number of hydrogen-bond donors (Lipinski definition) is 1. The highest BCUT2D eigenvalue weighted by Gasteiger charge is 2.31. The smallest absolute Gasteiger partial charge is 0.252 e. The molecule has 0 bridgehead atoms. The van der Waals surface area contributed by atoms with E-state index in [4.69, 9.17) is 28.2 Å². The second-order valence-electron chi connectivity index (χ2n) is 7.51. The van der Waals surface area contributed by atoms with E-state index in [2.05, 4.69) is 5.32 Å². The van der Waals surface area contributed by atoms with Crippen molar-refractivity contribution in [3.8, 4) is 0 Å². The molecule has 0 saturated heterocycles. The van der Waals surface area contributed by atoms with E-state index < -0.39 is 6.04 Å². The molecule has 5 nitrogen and oxygen atoms in total. The number of carbonyl (C=O) groups is 2. The Bertz CT molecular complexity index is 1190. The normalized spacial score (nSPS) is 15.6. The van der Waals surface area contributed by atoms with E-state index in [1.807, 2.05) is 42.5 Å². The highest BCUT2D eigenvalue weighted by molar-refractivity contribution is 6.32. The Balaban J connectivity index is 1.63. The number of rotatable bonds is 5. The van der Waals surface area contributed by atoms with E-state index in [9.17, 15) is 9.59 Å². The number of nitrogens with zero attached hydrogens (tertiary/aromatic N) is 2. The van der Waals surface area contributed by atoms with Crippen molar-refractivity contribution in [2.45, 2.75) is 19.5 Å². The summed E-state index contributed by atoms with van der Waals surface area (Å²) in [4.78, 5) is 32.1. The lowest BCUT2D eigenvalue weighted by Crippen LogP contribution is -2.43. The number of carbonyl (C=O) groups excluding carboxylic acids is 2. The van der Waals surface area contributed by atoms with Crippen molar-refractivity contribution >= 4 is 46.4 Å². The van der Waals surface area contributed by atoms with Gasteiger partial charge in [0.1, 0.15) is 12.6 Å². The highest BCUT2D eigenvalue weighted by Crippen LogP contribution is 2.31. The van der Waals surface area contributed by atoms with Crippen LogP contribution in [0.1, 0.15) is 23.6 Å². The van der Waals surface area contributed by atoms with Gasteiger partial charge in [-0.1, -0.05) is 65.7 Å². The van der Waals surface area contributed by atoms with Gasteiger partial charge in [-0.05, 0) is 42.8 Å². The summed E-state index contributed by atoms with van der Waals surface area (Å²) in [6, 6.07) is 21.5. The van der Waals surface area contributed by atoms with Gasteiger partial charge in [0.15, 0.2) is 0 Å². The molecule has 0 fully saturated rings. The van der Waals surface area contributed by atoms with Crippen molar-refractivity contribution in [2.24, 2.45) is 4.99 Å². The summed E-state index contributed by atoms with van der Waals surface area (Å²) >= 11 is 12.3. The lowest BCUT2D eigenvalue weighted by Gasteiger charge is -2.24. The summed E-state index contributed by atoms with van der Waals surface area (Å²) in [6.07, 6.45) is 0. The van der Waals surface area contributed by atoms with Crippen LogP contribution in [0.4, 0.5) is 5.69 Å². The van der Waals surface area contributed by atoms with Crippen LogP contribution in [0.5, 0.6) is 0 Å². The van der Waals surface area contributed by atoms with Crippen LogP contribution in [0, 0.1) is 0 Å². The Morgan fingerprint density at radius 1 is 1.00 bits per heavy atom. The highest BCUT2D eigenvalue weighted by atomic mass is 35.5. The third-order valence-electron chi connectivity index (χ3n) is 5.18. The molecule has 0 unspecified atom stereocenters. The first-order chi connectivity index (χ1) is 15.4. The molecule has 4 rings (SSSR count). The molecule has 0 spiro atoms. The number of halogens is 2. The third-order valence-corrected chi connectivity index (χ3v) is 5.65. The minimum absolute atomic E-state index is 0.129. The van der Waals surface area contributed by atoms with Gasteiger partial charge in [0, 0.05) is 27.7 Å². The van der Waals surface area contributed by atoms with Crippen molar-refractivity contribution in [1.82, 2.24) is 5.32 Å². The monoisotopic (exact) mass is 465 g/mol. The fraction of sp³-hybridized carbons (Fsp3) is 0.160. The average Bonchev–Trinajstić information content (AvgIpc) is 2.88. The van der Waals surface area contributed by atoms with Crippen LogP contribution in [0.3, 0.4) is 0 Å². The van der Waals surface area contributed by atoms with Gasteiger partial charge < -0.3 is 10.2 Å². The van der Waals surface area contributed by atoms with Gasteiger partial charge in [-0.25, -0.2) is 0 Å². The summed E-state index contributed by atoms with van der Waals surface area (Å²) in [6.45, 7) is 1.92. The standard InChI is InChI=1S/C25H21Cl2N3O2/c1-16-25(32)30(15-23(31)28-14-17-6-5-9-19(26)12-17)22-11-10-20(27)13-21(22)24(29-16)18-7-3-2-4-8-18/h2-13,16H,14-15H2,1H3,(H,28,31)/t16-/m1/s1. The Morgan fingerprint density at radius 2 is 1.75 bits per heavy atom. The van der Waals surface area contributed by atoms with Gasteiger partial charge in [-0.15, -0.1) is 0 Å². The van der Waals surface area contributed by atoms with Gasteiger partial charge in [0.05, 0.1) is 11.4 Å². The molecule has 1 heterocycles. The first kappa shape index (κ1) is 22.1. The van der Waals surface area contributed by atoms with Gasteiger partial charge in [0.2, 0.25) is 5.91 Å². The molecule has 7 heteroatoms. The lowest BCUT2D eigenvalue weighted by atomic mass is 10.00. The number of aliphatic imine (C=N–C) groups is 1. The Morgan fingerprint density at radius 3 is 2.50 bits per heavy atom. The number of benzodiazepines with no additional fused rings is 1. The average molecular weight is 466 g/mol. The maximum atomic E-state index is 13.2. The van der Waals surface area contributed by atoms with Crippen molar-refractivity contribution in [3.63, 3.8) is 0 Å². The van der Waals surface area contributed by atoms with Gasteiger partial charge >= 0.3 is 0 Å². The Hall–Kier alpha value is -3.15. The molecule has 0 radical (unpaired) electrons. The molecule has 32 heavy (non-hydrogen) atoms. The topological polar surface area (TPSA) is 61.8 Å². The fourth-order valence-electron chi connectivity index (χ4n) is 3.63. The van der Waals surface area contributed by atoms with Crippen LogP contribution in [0.2, 0.25) is 10.0 Å². The molecule has 1 N–H and O–H groups in total. The molecule has 162 valence electrons. The maximum absolute atomic E-state index is 13.2. The quantitative estimate of drug-likeness (QED) is 0.583. The first-order valence-corrected chi connectivity index (χ1v) is 10.9. The molecule has 0 saturated carbocycles. The summed E-state index contributed by atoms with van der Waals surface area (Å²) < 4.78 is 0. The molecule has 2 amide bonds. The third kappa shape index (κ3) is 4.85. The molecule has 1 aliphatic heterocycles. The van der Waals surface area contributed by atoms with E-state index in [1.54, 1.807) is 37.3 Å². The van der Waals surface area contributed by atoms with E-state index in [1.165, 1.54) is 4.90 Å². The van der Waals surface area contributed by atoms with Gasteiger partial charge in [-0.2, -0.15) is 0 Å². The molecule has 3 aromatic rings. The summed E-state index contributed by atoms with van der Waals surface area (Å²) in [5.74, 6) is -0.535. The number of hydrogen-bond acceptors (Lipinski definition) is 3. The van der Waals surface area contributed by atoms with Crippen molar-refractivity contribution in [1.29, 1.82) is 0 Å². The van der Waals surface area contributed by atoms with E-state index in [-0.39, 0.29) is 18.4 Å². The van der Waals surface area contributed by atoms with Crippen molar-refractivity contribution in [2.75, 3.05) is 11.4 Å². The van der Waals surface area contributed by atoms with Crippen LogP contribution in [-0.4, -0.2) is 30.1 Å². The van der Waals surface area contributed by atoms with Crippen molar-refractivity contribution in [3.05, 3.63) is 99.5 Å². The van der Waals surface area contributed by atoms with Gasteiger partial charge in [0.25, 0.3) is 5.91 Å². The predicted molar refractivity (Wildman–Crippen MR) is 129 cm³/mol. The summed E-state index contributed by atoms with van der Waals surface area (Å²) in [7, 11) is 0. The largest absolute Gasteiger partial charge is 0.350 e. The summed E-state index contributed by atoms with van der Waals surface area (Å²) in [5.41, 5.74) is 3.74. The number of fused-ring (bicyclic) bond motifs is 1. The zero-order valence-electron chi connectivity index (χ0n) is 17.4. The lowest BCUT2D eigenvalue weighted by molar-refractivity contribution is -0.124.